The molecule has 2 aromatic rings. The fraction of sp³-hybridized carbons (Fsp3) is 0.647. The first kappa shape index (κ1) is 18.0. The number of hydrogen-bond donors (Lipinski definition) is 1. The van der Waals surface area contributed by atoms with Crippen molar-refractivity contribution in [3.8, 4) is 0 Å². The Morgan fingerprint density at radius 3 is 2.88 bits per heavy atom. The molecule has 1 amide bonds. The van der Waals surface area contributed by atoms with Gasteiger partial charge in [0.25, 0.3) is 0 Å². The summed E-state index contributed by atoms with van der Waals surface area (Å²) < 4.78 is 5.25. The first-order valence-electron chi connectivity index (χ1n) is 8.61. The van der Waals surface area contributed by atoms with Crippen LogP contribution in [-0.4, -0.2) is 39.5 Å². The molecule has 1 aliphatic heterocycles. The minimum absolute atomic E-state index is 0.0185. The number of nitrogens with one attached hydrogen (secondary N) is 1. The second-order valence-electron chi connectivity index (χ2n) is 7.54. The highest BCUT2D eigenvalue weighted by atomic mass is 32.1. The highest BCUT2D eigenvalue weighted by Gasteiger charge is 2.21. The number of carbonyl (C=O) groups is 1. The number of amides is 1. The predicted octanol–water partition coefficient (Wildman–Crippen LogP) is 2.77. The van der Waals surface area contributed by atoms with Gasteiger partial charge in [-0.2, -0.15) is 4.98 Å². The minimum atomic E-state index is -0.128. The van der Waals surface area contributed by atoms with Crippen LogP contribution in [0.5, 0.6) is 0 Å². The van der Waals surface area contributed by atoms with Crippen LogP contribution in [0.1, 0.15) is 55.9 Å². The average Bonchev–Trinajstić information content (AvgIpc) is 3.12. The summed E-state index contributed by atoms with van der Waals surface area (Å²) in [5, 5.41) is 7.62. The van der Waals surface area contributed by atoms with Gasteiger partial charge in [-0.25, -0.2) is 4.98 Å². The molecular formula is C17H25N5O2S. The molecule has 0 aliphatic carbocycles. The Bertz CT molecular complexity index is 747. The molecule has 136 valence electrons. The molecule has 0 aromatic carbocycles. The lowest BCUT2D eigenvalue weighted by molar-refractivity contribution is -0.116. The zero-order valence-corrected chi connectivity index (χ0v) is 16.1. The summed E-state index contributed by atoms with van der Waals surface area (Å²) in [6.45, 7) is 8.06. The van der Waals surface area contributed by atoms with E-state index in [1.54, 1.807) is 11.3 Å². The molecular weight excluding hydrogens is 338 g/mol. The fourth-order valence-corrected chi connectivity index (χ4v) is 3.72. The van der Waals surface area contributed by atoms with Gasteiger partial charge in [-0.3, -0.25) is 4.79 Å². The predicted molar refractivity (Wildman–Crippen MR) is 96.7 cm³/mol. The Morgan fingerprint density at radius 2 is 2.16 bits per heavy atom. The van der Waals surface area contributed by atoms with Crippen molar-refractivity contribution < 1.29 is 9.32 Å². The van der Waals surface area contributed by atoms with Crippen molar-refractivity contribution in [3.63, 3.8) is 0 Å². The van der Waals surface area contributed by atoms with Crippen LogP contribution in [0.25, 0.3) is 0 Å². The van der Waals surface area contributed by atoms with Crippen molar-refractivity contribution in [1.82, 2.24) is 20.0 Å². The van der Waals surface area contributed by atoms with Crippen LogP contribution >= 0.6 is 11.3 Å². The van der Waals surface area contributed by atoms with E-state index in [9.17, 15) is 4.79 Å². The van der Waals surface area contributed by atoms with E-state index >= 15 is 0 Å². The van der Waals surface area contributed by atoms with Crippen LogP contribution < -0.4 is 5.32 Å². The maximum Gasteiger partial charge on any atom is 0.226 e. The molecule has 7 nitrogen and oxygen atoms in total. The van der Waals surface area contributed by atoms with Gasteiger partial charge in [-0.05, 0) is 13.5 Å². The van der Waals surface area contributed by atoms with Gasteiger partial charge >= 0.3 is 0 Å². The molecule has 3 rings (SSSR count). The van der Waals surface area contributed by atoms with Gasteiger partial charge in [0, 0.05) is 42.6 Å². The molecule has 0 saturated carbocycles. The normalized spacial score (nSPS) is 15.2. The number of hydrogen-bond acceptors (Lipinski definition) is 7. The Labute approximate surface area is 151 Å². The average molecular weight is 363 g/mol. The molecule has 0 unspecified atom stereocenters. The molecule has 0 saturated heterocycles. The highest BCUT2D eigenvalue weighted by molar-refractivity contribution is 7.15. The summed E-state index contributed by atoms with van der Waals surface area (Å²) in [7, 11) is 2.10. The molecule has 1 aliphatic rings. The van der Waals surface area contributed by atoms with Crippen LogP contribution in [0.2, 0.25) is 0 Å². The van der Waals surface area contributed by atoms with Gasteiger partial charge in [-0.15, -0.1) is 11.3 Å². The van der Waals surface area contributed by atoms with Crippen LogP contribution in [0.4, 0.5) is 5.13 Å². The molecule has 0 bridgehead atoms. The SMILES string of the molecule is CN1CCc2nc(NC(=O)CCCc3nc(C(C)(C)C)no3)sc2C1. The highest BCUT2D eigenvalue weighted by Crippen LogP contribution is 2.27. The summed E-state index contributed by atoms with van der Waals surface area (Å²) in [6, 6.07) is 0. The zero-order valence-electron chi connectivity index (χ0n) is 15.3. The third-order valence-electron chi connectivity index (χ3n) is 4.10. The van der Waals surface area contributed by atoms with Gasteiger partial charge in [0.05, 0.1) is 5.69 Å². The zero-order chi connectivity index (χ0) is 18.0. The van der Waals surface area contributed by atoms with Crippen molar-refractivity contribution in [1.29, 1.82) is 0 Å². The number of nitrogens with zero attached hydrogens (tertiary/aromatic N) is 4. The van der Waals surface area contributed by atoms with Crippen molar-refractivity contribution in [2.45, 2.75) is 58.4 Å². The van der Waals surface area contributed by atoms with E-state index in [-0.39, 0.29) is 11.3 Å². The molecule has 25 heavy (non-hydrogen) atoms. The van der Waals surface area contributed by atoms with E-state index in [1.165, 1.54) is 4.88 Å². The van der Waals surface area contributed by atoms with Gasteiger partial charge < -0.3 is 14.7 Å². The molecule has 0 atom stereocenters. The van der Waals surface area contributed by atoms with E-state index in [0.29, 0.717) is 36.1 Å². The molecule has 0 fully saturated rings. The summed E-state index contributed by atoms with van der Waals surface area (Å²) in [5.41, 5.74) is 0.996. The lowest BCUT2D eigenvalue weighted by Gasteiger charge is -2.20. The number of likely N-dealkylation sites (N-methyl/N-ethyl adjacent to an activating group) is 1. The standard InChI is InChI=1S/C17H25N5O2S/c1-17(2,3)15-20-14(24-21-15)7-5-6-13(23)19-16-18-11-8-9-22(4)10-12(11)25-16/h5-10H2,1-4H3,(H,18,19,23). The van der Waals surface area contributed by atoms with Gasteiger partial charge in [-0.1, -0.05) is 25.9 Å². The number of thiazole rings is 1. The van der Waals surface area contributed by atoms with E-state index in [1.807, 2.05) is 20.8 Å². The number of fused-ring (bicyclic) bond motifs is 1. The van der Waals surface area contributed by atoms with Crippen molar-refractivity contribution in [2.75, 3.05) is 18.9 Å². The quantitative estimate of drug-likeness (QED) is 0.879. The molecule has 0 radical (unpaired) electrons. The monoisotopic (exact) mass is 363 g/mol. The largest absolute Gasteiger partial charge is 0.339 e. The molecule has 8 heteroatoms. The van der Waals surface area contributed by atoms with Gasteiger partial charge in [0.1, 0.15) is 0 Å². The Kier molecular flexibility index (Phi) is 5.19. The maximum atomic E-state index is 12.1. The molecule has 3 heterocycles. The van der Waals surface area contributed by atoms with E-state index in [0.717, 1.165) is 25.2 Å². The lowest BCUT2D eigenvalue weighted by Crippen LogP contribution is -2.25. The Balaban J connectivity index is 1.46. The number of aromatic nitrogens is 3. The number of aryl methyl sites for hydroxylation is 1. The van der Waals surface area contributed by atoms with Crippen LogP contribution in [0.3, 0.4) is 0 Å². The number of anilines is 1. The smallest absolute Gasteiger partial charge is 0.226 e. The van der Waals surface area contributed by atoms with E-state index in [4.69, 9.17) is 4.52 Å². The lowest BCUT2D eigenvalue weighted by atomic mass is 9.96. The van der Waals surface area contributed by atoms with Crippen LogP contribution in [-0.2, 0) is 29.6 Å². The minimum Gasteiger partial charge on any atom is -0.339 e. The third-order valence-corrected chi connectivity index (χ3v) is 5.10. The molecule has 2 aromatic heterocycles. The third kappa shape index (κ3) is 4.64. The molecule has 1 N–H and O–H groups in total. The second kappa shape index (κ2) is 7.21. The summed E-state index contributed by atoms with van der Waals surface area (Å²) in [4.78, 5) is 24.6. The first-order valence-corrected chi connectivity index (χ1v) is 9.43. The Morgan fingerprint density at radius 1 is 1.36 bits per heavy atom. The van der Waals surface area contributed by atoms with E-state index < -0.39 is 0 Å². The van der Waals surface area contributed by atoms with E-state index in [2.05, 4.69) is 32.4 Å². The summed E-state index contributed by atoms with van der Waals surface area (Å²) in [6.07, 6.45) is 2.64. The first-order chi connectivity index (χ1) is 11.8. The van der Waals surface area contributed by atoms with Crippen LogP contribution in [0.15, 0.2) is 4.52 Å². The van der Waals surface area contributed by atoms with Crippen LogP contribution in [0, 0.1) is 0 Å². The topological polar surface area (TPSA) is 84.2 Å². The van der Waals surface area contributed by atoms with Gasteiger partial charge in [0.2, 0.25) is 11.8 Å². The maximum absolute atomic E-state index is 12.1. The Hall–Kier alpha value is -1.80. The number of rotatable bonds is 5. The summed E-state index contributed by atoms with van der Waals surface area (Å²) in [5.74, 6) is 1.27. The van der Waals surface area contributed by atoms with Crippen molar-refractivity contribution >= 4 is 22.4 Å². The fourth-order valence-electron chi connectivity index (χ4n) is 2.62. The number of carbonyl (C=O) groups excluding carboxylic acids is 1. The molecule has 0 spiro atoms. The summed E-state index contributed by atoms with van der Waals surface area (Å²) >= 11 is 1.58. The van der Waals surface area contributed by atoms with Gasteiger partial charge in [0.15, 0.2) is 11.0 Å². The van der Waals surface area contributed by atoms with Crippen molar-refractivity contribution in [2.24, 2.45) is 0 Å². The van der Waals surface area contributed by atoms with Crippen molar-refractivity contribution in [3.05, 3.63) is 22.3 Å². The second-order valence-corrected chi connectivity index (χ2v) is 8.62.